The second-order valence-electron chi connectivity index (χ2n) is 5.70. The van der Waals surface area contributed by atoms with Gasteiger partial charge in [-0.25, -0.2) is 0 Å². The second kappa shape index (κ2) is 9.06. The molecule has 0 bridgehead atoms. The zero-order valence-corrected chi connectivity index (χ0v) is 13.5. The van der Waals surface area contributed by atoms with Gasteiger partial charge in [0.05, 0.1) is 6.61 Å². The first kappa shape index (κ1) is 16.3. The lowest BCUT2D eigenvalue weighted by Crippen LogP contribution is -2.23. The molecular weight excluding hydrogens is 262 g/mol. The van der Waals surface area contributed by atoms with Gasteiger partial charge in [0.15, 0.2) is 0 Å². The van der Waals surface area contributed by atoms with Crippen LogP contribution >= 0.6 is 0 Å². The highest BCUT2D eigenvalue weighted by Gasteiger charge is 2.15. The number of hydrogen-bond donors (Lipinski definition) is 1. The third kappa shape index (κ3) is 5.01. The summed E-state index contributed by atoms with van der Waals surface area (Å²) in [5.41, 5.74) is 2.74. The van der Waals surface area contributed by atoms with Gasteiger partial charge >= 0.3 is 0 Å². The van der Waals surface area contributed by atoms with Gasteiger partial charge in [0.2, 0.25) is 0 Å². The number of nitrogens with one attached hydrogen (secondary N) is 1. The van der Waals surface area contributed by atoms with Crippen LogP contribution in [0.4, 0.5) is 0 Å². The molecule has 1 aliphatic rings. The fourth-order valence-electron chi connectivity index (χ4n) is 2.72. The lowest BCUT2D eigenvalue weighted by Gasteiger charge is -2.18. The Balaban J connectivity index is 1.73. The van der Waals surface area contributed by atoms with Crippen LogP contribution in [0.1, 0.15) is 56.7 Å². The van der Waals surface area contributed by atoms with Crippen LogP contribution in [0.2, 0.25) is 0 Å². The van der Waals surface area contributed by atoms with Crippen molar-refractivity contribution in [3.63, 3.8) is 0 Å². The van der Waals surface area contributed by atoms with Crippen molar-refractivity contribution in [2.75, 3.05) is 26.4 Å². The molecule has 118 valence electrons. The molecule has 0 amide bonds. The maximum Gasteiger partial charge on any atom is 0.122 e. The summed E-state index contributed by atoms with van der Waals surface area (Å²) in [5.74, 6) is 1.07. The van der Waals surface area contributed by atoms with E-state index in [1.165, 1.54) is 24.0 Å². The van der Waals surface area contributed by atoms with E-state index in [-0.39, 0.29) is 0 Å². The maximum atomic E-state index is 5.60. The summed E-state index contributed by atoms with van der Waals surface area (Å²) in [4.78, 5) is 0. The van der Waals surface area contributed by atoms with E-state index in [0.29, 0.717) is 6.04 Å². The minimum absolute atomic E-state index is 0.437. The average Bonchev–Trinajstić information content (AvgIpc) is 2.97. The summed E-state index contributed by atoms with van der Waals surface area (Å²) in [7, 11) is 0. The van der Waals surface area contributed by atoms with Gasteiger partial charge in [0.25, 0.3) is 0 Å². The summed E-state index contributed by atoms with van der Waals surface area (Å²) in [6.45, 7) is 8.04. The van der Waals surface area contributed by atoms with Crippen LogP contribution in [0.5, 0.6) is 5.75 Å². The second-order valence-corrected chi connectivity index (χ2v) is 5.70. The van der Waals surface area contributed by atoms with Gasteiger partial charge in [-0.3, -0.25) is 0 Å². The van der Waals surface area contributed by atoms with Gasteiger partial charge in [-0.05, 0) is 43.0 Å². The minimum Gasteiger partial charge on any atom is -0.493 e. The first-order valence-electron chi connectivity index (χ1n) is 8.42. The third-order valence-corrected chi connectivity index (χ3v) is 4.02. The normalized spacial score (nSPS) is 14.8. The van der Waals surface area contributed by atoms with Gasteiger partial charge < -0.3 is 14.8 Å². The number of unbranched alkanes of at least 4 members (excludes halogenated alkanes) is 1. The maximum absolute atomic E-state index is 5.60. The third-order valence-electron chi connectivity index (χ3n) is 4.02. The predicted octanol–water partition coefficient (Wildman–Crippen LogP) is 3.87. The van der Waals surface area contributed by atoms with Crippen LogP contribution in [-0.4, -0.2) is 26.4 Å². The molecule has 21 heavy (non-hydrogen) atoms. The summed E-state index contributed by atoms with van der Waals surface area (Å²) in [5, 5.41) is 3.65. The predicted molar refractivity (Wildman–Crippen MR) is 87.0 cm³/mol. The largest absolute Gasteiger partial charge is 0.493 e. The molecule has 0 fully saturated rings. The summed E-state index contributed by atoms with van der Waals surface area (Å²) >= 11 is 0. The Hall–Kier alpha value is -1.06. The lowest BCUT2D eigenvalue weighted by molar-refractivity contribution is 0.128. The van der Waals surface area contributed by atoms with E-state index in [0.717, 1.165) is 51.4 Å². The monoisotopic (exact) mass is 291 g/mol. The van der Waals surface area contributed by atoms with Crippen molar-refractivity contribution in [2.24, 2.45) is 0 Å². The molecule has 0 radical (unpaired) electrons. The minimum atomic E-state index is 0.437. The van der Waals surface area contributed by atoms with Crippen LogP contribution in [0.25, 0.3) is 0 Å². The molecule has 2 rings (SSSR count). The van der Waals surface area contributed by atoms with Crippen molar-refractivity contribution in [3.05, 3.63) is 29.3 Å². The van der Waals surface area contributed by atoms with Crippen LogP contribution in [-0.2, 0) is 11.2 Å². The number of benzene rings is 1. The molecule has 0 aromatic heterocycles. The molecule has 0 aliphatic carbocycles. The van der Waals surface area contributed by atoms with Crippen LogP contribution < -0.4 is 10.1 Å². The Labute approximate surface area is 129 Å². The molecule has 0 spiro atoms. The average molecular weight is 291 g/mol. The van der Waals surface area contributed by atoms with E-state index in [1.54, 1.807) is 0 Å². The van der Waals surface area contributed by atoms with Crippen molar-refractivity contribution >= 4 is 0 Å². The Kier molecular flexibility index (Phi) is 7.04. The standard InChI is InChI=1S/C18H29NO2/c1-3-5-11-20-12-6-10-19-17(4-2)15-7-8-18-16(14-15)9-13-21-18/h7-8,14,17,19H,3-6,9-13H2,1-2H3. The fourth-order valence-corrected chi connectivity index (χ4v) is 2.72. The summed E-state index contributed by atoms with van der Waals surface area (Å²) in [6.07, 6.45) is 5.61. The van der Waals surface area contributed by atoms with Crippen LogP contribution in [0.15, 0.2) is 18.2 Å². The van der Waals surface area contributed by atoms with Crippen molar-refractivity contribution < 1.29 is 9.47 Å². The quantitative estimate of drug-likeness (QED) is 0.664. The molecule has 1 heterocycles. The van der Waals surface area contributed by atoms with Crippen LogP contribution in [0, 0.1) is 0 Å². The van der Waals surface area contributed by atoms with Crippen molar-refractivity contribution in [1.29, 1.82) is 0 Å². The van der Waals surface area contributed by atoms with E-state index in [9.17, 15) is 0 Å². The Morgan fingerprint density at radius 2 is 2.10 bits per heavy atom. The molecule has 1 aromatic carbocycles. The first-order chi connectivity index (χ1) is 10.3. The number of hydrogen-bond acceptors (Lipinski definition) is 3. The van der Waals surface area contributed by atoms with Crippen molar-refractivity contribution in [1.82, 2.24) is 5.32 Å². The number of ether oxygens (including phenoxy) is 2. The van der Waals surface area contributed by atoms with Gasteiger partial charge in [0, 0.05) is 25.7 Å². The first-order valence-corrected chi connectivity index (χ1v) is 8.42. The SMILES string of the molecule is CCCCOCCCNC(CC)c1ccc2c(c1)CCO2. The molecule has 3 nitrogen and oxygen atoms in total. The molecule has 0 saturated heterocycles. The summed E-state index contributed by atoms with van der Waals surface area (Å²) < 4.78 is 11.2. The Bertz CT molecular complexity index is 420. The van der Waals surface area contributed by atoms with Crippen LogP contribution in [0.3, 0.4) is 0 Å². The highest BCUT2D eigenvalue weighted by atomic mass is 16.5. The molecule has 0 saturated carbocycles. The highest BCUT2D eigenvalue weighted by Crippen LogP contribution is 2.29. The molecule has 3 heteroatoms. The van der Waals surface area contributed by atoms with Gasteiger partial charge in [-0.2, -0.15) is 0 Å². The smallest absolute Gasteiger partial charge is 0.122 e. The van der Waals surface area contributed by atoms with E-state index < -0.39 is 0 Å². The number of fused-ring (bicyclic) bond motifs is 1. The fraction of sp³-hybridized carbons (Fsp3) is 0.667. The zero-order chi connectivity index (χ0) is 14.9. The molecule has 1 aromatic rings. The Morgan fingerprint density at radius 3 is 2.90 bits per heavy atom. The Morgan fingerprint density at radius 1 is 1.24 bits per heavy atom. The molecular formula is C18H29NO2. The van der Waals surface area contributed by atoms with Gasteiger partial charge in [-0.1, -0.05) is 32.4 Å². The molecule has 1 aliphatic heterocycles. The lowest BCUT2D eigenvalue weighted by atomic mass is 10.0. The van der Waals surface area contributed by atoms with Crippen molar-refractivity contribution in [2.45, 2.75) is 52.0 Å². The van der Waals surface area contributed by atoms with Gasteiger partial charge in [-0.15, -0.1) is 0 Å². The highest BCUT2D eigenvalue weighted by molar-refractivity contribution is 5.40. The molecule has 1 N–H and O–H groups in total. The van der Waals surface area contributed by atoms with E-state index >= 15 is 0 Å². The topological polar surface area (TPSA) is 30.5 Å². The summed E-state index contributed by atoms with van der Waals surface area (Å²) in [6, 6.07) is 7.06. The molecule has 1 unspecified atom stereocenters. The number of rotatable bonds is 10. The van der Waals surface area contributed by atoms with Crippen molar-refractivity contribution in [3.8, 4) is 5.75 Å². The molecule has 1 atom stereocenters. The van der Waals surface area contributed by atoms with Gasteiger partial charge in [0.1, 0.15) is 5.75 Å². The van der Waals surface area contributed by atoms with E-state index in [2.05, 4.69) is 37.4 Å². The zero-order valence-electron chi connectivity index (χ0n) is 13.5. The van der Waals surface area contributed by atoms with E-state index in [1.807, 2.05) is 0 Å². The van der Waals surface area contributed by atoms with E-state index in [4.69, 9.17) is 9.47 Å².